The fraction of sp³-hybridized carbons (Fsp3) is 0.647. The Hall–Kier alpha value is -1.03. The highest BCUT2D eigenvalue weighted by molar-refractivity contribution is 5.29. The third-order valence-corrected chi connectivity index (χ3v) is 4.05. The summed E-state index contributed by atoms with van der Waals surface area (Å²) in [5.41, 5.74) is 0.244. The summed E-state index contributed by atoms with van der Waals surface area (Å²) in [5.74, 6) is 0.534. The van der Waals surface area contributed by atoms with Crippen LogP contribution in [0.25, 0.3) is 0 Å². The second kappa shape index (κ2) is 8.42. The molecule has 1 unspecified atom stereocenters. The summed E-state index contributed by atoms with van der Waals surface area (Å²) in [6.07, 6.45) is -1.29. The Morgan fingerprint density at radius 1 is 1.10 bits per heavy atom. The van der Waals surface area contributed by atoms with Crippen molar-refractivity contribution in [2.24, 2.45) is 5.92 Å². The Morgan fingerprint density at radius 3 is 2.29 bits per heavy atom. The summed E-state index contributed by atoms with van der Waals surface area (Å²) in [4.78, 5) is 0. The molecule has 0 aromatic heterocycles. The number of alkyl halides is 3. The van der Waals surface area contributed by atoms with Gasteiger partial charge in [-0.05, 0) is 36.4 Å². The van der Waals surface area contributed by atoms with E-state index in [0.29, 0.717) is 5.92 Å². The molecule has 0 radical (unpaired) electrons. The molecule has 120 valence electrons. The molecule has 0 aliphatic carbocycles. The van der Waals surface area contributed by atoms with Crippen molar-refractivity contribution in [3.63, 3.8) is 0 Å². The number of nitrogens with one attached hydrogen (secondary N) is 1. The minimum atomic E-state index is -4.27. The van der Waals surface area contributed by atoms with E-state index in [1.165, 1.54) is 12.1 Å². The Labute approximate surface area is 125 Å². The van der Waals surface area contributed by atoms with Gasteiger partial charge in [0.2, 0.25) is 0 Å². The SMILES string of the molecule is CCCNCC(c1cccc(C(F)(F)F)c1)C(CC)CC. The molecule has 0 saturated heterocycles. The summed E-state index contributed by atoms with van der Waals surface area (Å²) >= 11 is 0. The predicted molar refractivity (Wildman–Crippen MR) is 81.4 cm³/mol. The normalized spacial score (nSPS) is 13.7. The summed E-state index contributed by atoms with van der Waals surface area (Å²) < 4.78 is 38.7. The molecule has 0 amide bonds. The molecule has 1 aromatic carbocycles. The molecule has 0 aliphatic heterocycles. The van der Waals surface area contributed by atoms with Gasteiger partial charge in [0.05, 0.1) is 5.56 Å². The van der Waals surface area contributed by atoms with Gasteiger partial charge in [-0.2, -0.15) is 13.2 Å². The van der Waals surface area contributed by atoms with Crippen LogP contribution in [0.5, 0.6) is 0 Å². The van der Waals surface area contributed by atoms with E-state index in [0.717, 1.165) is 44.0 Å². The minimum Gasteiger partial charge on any atom is -0.316 e. The molecule has 21 heavy (non-hydrogen) atoms. The molecule has 0 spiro atoms. The van der Waals surface area contributed by atoms with Crippen molar-refractivity contribution in [2.75, 3.05) is 13.1 Å². The average Bonchev–Trinajstić information content (AvgIpc) is 2.46. The zero-order chi connectivity index (χ0) is 15.9. The zero-order valence-corrected chi connectivity index (χ0v) is 13.1. The van der Waals surface area contributed by atoms with Crippen LogP contribution in [0.15, 0.2) is 24.3 Å². The lowest BCUT2D eigenvalue weighted by Gasteiger charge is -2.27. The van der Waals surface area contributed by atoms with Crippen molar-refractivity contribution in [2.45, 2.75) is 52.1 Å². The second-order valence-corrected chi connectivity index (χ2v) is 5.51. The quantitative estimate of drug-likeness (QED) is 0.649. The van der Waals surface area contributed by atoms with Crippen LogP contribution in [-0.4, -0.2) is 13.1 Å². The van der Waals surface area contributed by atoms with E-state index >= 15 is 0 Å². The monoisotopic (exact) mass is 301 g/mol. The van der Waals surface area contributed by atoms with E-state index in [4.69, 9.17) is 0 Å². The maximum atomic E-state index is 12.9. The Morgan fingerprint density at radius 2 is 1.76 bits per heavy atom. The maximum absolute atomic E-state index is 12.9. The van der Waals surface area contributed by atoms with E-state index < -0.39 is 11.7 Å². The number of rotatable bonds is 8. The van der Waals surface area contributed by atoms with E-state index in [1.807, 2.05) is 6.07 Å². The number of hydrogen-bond acceptors (Lipinski definition) is 1. The molecule has 1 N–H and O–H groups in total. The summed E-state index contributed by atoms with van der Waals surface area (Å²) in [6, 6.07) is 5.81. The van der Waals surface area contributed by atoms with Gasteiger partial charge in [-0.15, -0.1) is 0 Å². The van der Waals surface area contributed by atoms with Crippen molar-refractivity contribution < 1.29 is 13.2 Å². The first kappa shape index (κ1) is 18.0. The van der Waals surface area contributed by atoms with Crippen LogP contribution in [-0.2, 0) is 6.18 Å². The number of benzene rings is 1. The van der Waals surface area contributed by atoms with E-state index in [1.54, 1.807) is 0 Å². The molecule has 0 heterocycles. The summed E-state index contributed by atoms with van der Waals surface area (Å²) in [5, 5.41) is 3.36. The molecule has 1 rings (SSSR count). The molecule has 1 aromatic rings. The first-order valence-corrected chi connectivity index (χ1v) is 7.81. The van der Waals surface area contributed by atoms with Gasteiger partial charge in [0.25, 0.3) is 0 Å². The van der Waals surface area contributed by atoms with Gasteiger partial charge in [-0.1, -0.05) is 51.8 Å². The van der Waals surface area contributed by atoms with Gasteiger partial charge in [0.1, 0.15) is 0 Å². The smallest absolute Gasteiger partial charge is 0.316 e. The van der Waals surface area contributed by atoms with E-state index in [9.17, 15) is 13.2 Å². The first-order chi connectivity index (χ1) is 9.93. The third kappa shape index (κ3) is 5.34. The van der Waals surface area contributed by atoms with E-state index in [-0.39, 0.29) is 5.92 Å². The first-order valence-electron chi connectivity index (χ1n) is 7.81. The highest BCUT2D eigenvalue weighted by Crippen LogP contribution is 2.34. The molecular formula is C17H26F3N. The van der Waals surface area contributed by atoms with Crippen molar-refractivity contribution >= 4 is 0 Å². The molecular weight excluding hydrogens is 275 g/mol. The molecule has 0 aliphatic rings. The van der Waals surface area contributed by atoms with Crippen LogP contribution >= 0.6 is 0 Å². The average molecular weight is 301 g/mol. The topological polar surface area (TPSA) is 12.0 Å². The fourth-order valence-corrected chi connectivity index (χ4v) is 2.79. The van der Waals surface area contributed by atoms with Crippen LogP contribution in [0.1, 0.15) is 57.1 Å². The standard InChI is InChI=1S/C17H26F3N/c1-4-10-21-12-16(13(5-2)6-3)14-8-7-9-15(11-14)17(18,19)20/h7-9,11,13,16,21H,4-6,10,12H2,1-3H3. The predicted octanol–water partition coefficient (Wildman–Crippen LogP) is 5.22. The molecule has 4 heteroatoms. The maximum Gasteiger partial charge on any atom is 0.416 e. The second-order valence-electron chi connectivity index (χ2n) is 5.51. The lowest BCUT2D eigenvalue weighted by atomic mass is 9.82. The number of halogens is 3. The lowest BCUT2D eigenvalue weighted by molar-refractivity contribution is -0.137. The van der Waals surface area contributed by atoms with Crippen LogP contribution in [0.4, 0.5) is 13.2 Å². The highest BCUT2D eigenvalue weighted by Gasteiger charge is 2.31. The van der Waals surface area contributed by atoms with Crippen molar-refractivity contribution in [3.05, 3.63) is 35.4 Å². The molecule has 0 fully saturated rings. The summed E-state index contributed by atoms with van der Waals surface area (Å²) in [7, 11) is 0. The molecule has 0 bridgehead atoms. The van der Waals surface area contributed by atoms with E-state index in [2.05, 4.69) is 26.1 Å². The van der Waals surface area contributed by atoms with Crippen LogP contribution in [0, 0.1) is 5.92 Å². The largest absolute Gasteiger partial charge is 0.416 e. The lowest BCUT2D eigenvalue weighted by Crippen LogP contribution is -2.27. The Kier molecular flexibility index (Phi) is 7.23. The van der Waals surface area contributed by atoms with Gasteiger partial charge in [0, 0.05) is 6.54 Å². The molecule has 1 atom stereocenters. The fourth-order valence-electron chi connectivity index (χ4n) is 2.79. The van der Waals surface area contributed by atoms with Crippen LogP contribution < -0.4 is 5.32 Å². The van der Waals surface area contributed by atoms with Crippen molar-refractivity contribution in [1.82, 2.24) is 5.32 Å². The third-order valence-electron chi connectivity index (χ3n) is 4.05. The van der Waals surface area contributed by atoms with Gasteiger partial charge >= 0.3 is 6.18 Å². The minimum absolute atomic E-state index is 0.133. The Bertz CT molecular complexity index is 411. The Balaban J connectivity index is 3.01. The van der Waals surface area contributed by atoms with Crippen molar-refractivity contribution in [3.8, 4) is 0 Å². The number of hydrogen-bond donors (Lipinski definition) is 1. The highest BCUT2D eigenvalue weighted by atomic mass is 19.4. The van der Waals surface area contributed by atoms with Gasteiger partial charge in [0.15, 0.2) is 0 Å². The van der Waals surface area contributed by atoms with Crippen LogP contribution in [0.3, 0.4) is 0 Å². The van der Waals surface area contributed by atoms with Crippen LogP contribution in [0.2, 0.25) is 0 Å². The van der Waals surface area contributed by atoms with Gasteiger partial charge < -0.3 is 5.32 Å². The van der Waals surface area contributed by atoms with Gasteiger partial charge in [-0.25, -0.2) is 0 Å². The molecule has 0 saturated carbocycles. The van der Waals surface area contributed by atoms with Crippen molar-refractivity contribution in [1.29, 1.82) is 0 Å². The summed E-state index contributed by atoms with van der Waals surface area (Å²) in [6.45, 7) is 7.93. The van der Waals surface area contributed by atoms with Gasteiger partial charge in [-0.3, -0.25) is 0 Å². The zero-order valence-electron chi connectivity index (χ0n) is 13.1. The molecule has 1 nitrogen and oxygen atoms in total.